The van der Waals surface area contributed by atoms with Gasteiger partial charge in [-0.3, -0.25) is 0 Å². The minimum Gasteiger partial charge on any atom is -0.463 e. The van der Waals surface area contributed by atoms with Gasteiger partial charge in [-0.1, -0.05) is 13.5 Å². The molecule has 0 saturated carbocycles. The monoisotopic (exact) mass is 168 g/mol. The van der Waals surface area contributed by atoms with Crippen molar-refractivity contribution in [2.75, 3.05) is 6.61 Å². The predicted molar refractivity (Wildman–Crippen MR) is 50.6 cm³/mol. The maximum absolute atomic E-state index is 10.1. The highest BCUT2D eigenvalue weighted by molar-refractivity contribution is 5.81. The zero-order valence-corrected chi connectivity index (χ0v) is 7.80. The van der Waals surface area contributed by atoms with Crippen molar-refractivity contribution in [1.82, 2.24) is 0 Å². The van der Waals surface area contributed by atoms with E-state index in [4.69, 9.17) is 6.42 Å². The lowest BCUT2D eigenvalue weighted by molar-refractivity contribution is -0.137. The van der Waals surface area contributed by atoms with E-state index in [0.29, 0.717) is 6.61 Å². The molecule has 12 heavy (non-hydrogen) atoms. The number of carbonyl (C=O) groups is 1. The summed E-state index contributed by atoms with van der Waals surface area (Å²) >= 11 is 0. The highest BCUT2D eigenvalue weighted by atomic mass is 16.5. The van der Waals surface area contributed by atoms with Gasteiger partial charge >= 0.3 is 5.97 Å². The first-order chi connectivity index (χ1) is 5.72. The molecule has 0 aromatic rings. The molecule has 68 valence electrons. The average Bonchev–Trinajstić information content (AvgIpc) is 2.07. The van der Waals surface area contributed by atoms with Crippen molar-refractivity contribution in [3.05, 3.63) is 12.7 Å². The molecule has 0 aliphatic carbocycles. The largest absolute Gasteiger partial charge is 0.463 e. The molecule has 0 atom stereocenters. The number of ether oxygens (including phenoxy) is 1. The second-order valence-electron chi connectivity index (χ2n) is 1.91. The lowest BCUT2D eigenvalue weighted by atomic mass is 10.4. The fourth-order valence-corrected chi connectivity index (χ4v) is 0.346. The van der Waals surface area contributed by atoms with Crippen molar-refractivity contribution in [2.24, 2.45) is 0 Å². The van der Waals surface area contributed by atoms with Gasteiger partial charge in [0.25, 0.3) is 0 Å². The quantitative estimate of drug-likeness (QED) is 0.366. The normalized spacial score (nSPS) is 7.08. The second-order valence-corrected chi connectivity index (χ2v) is 1.91. The molecular formula is C10H16O2. The minimum absolute atomic E-state index is 0.359. The molecular weight excluding hydrogens is 152 g/mol. The molecule has 0 saturated heterocycles. The van der Waals surface area contributed by atoms with Gasteiger partial charge < -0.3 is 4.74 Å². The van der Waals surface area contributed by atoms with Gasteiger partial charge in [-0.2, -0.15) is 0 Å². The van der Waals surface area contributed by atoms with E-state index in [1.165, 1.54) is 0 Å². The van der Waals surface area contributed by atoms with Crippen molar-refractivity contribution in [1.29, 1.82) is 0 Å². The first kappa shape index (κ1) is 13.4. The van der Waals surface area contributed by atoms with E-state index in [9.17, 15) is 4.79 Å². The molecule has 0 N–H and O–H groups in total. The standard InChI is InChI=1S/C5H8O2.C5H8/c1-3-5(6)7-4-2;1-3-5-4-2/h3H,1,4H2,2H3;1H,4-5H2,2H3. The summed E-state index contributed by atoms with van der Waals surface area (Å²) < 4.78 is 4.43. The molecule has 0 radical (unpaired) electrons. The molecule has 0 aromatic carbocycles. The number of terminal acetylenes is 1. The summed E-state index contributed by atoms with van der Waals surface area (Å²) in [7, 11) is 0. The van der Waals surface area contributed by atoms with Gasteiger partial charge in [0, 0.05) is 12.5 Å². The van der Waals surface area contributed by atoms with Crippen LogP contribution in [0.3, 0.4) is 0 Å². The van der Waals surface area contributed by atoms with Crippen LogP contribution in [0.15, 0.2) is 12.7 Å². The van der Waals surface area contributed by atoms with Gasteiger partial charge in [-0.05, 0) is 13.3 Å². The highest BCUT2D eigenvalue weighted by Crippen LogP contribution is 1.77. The Morgan fingerprint density at radius 3 is 2.33 bits per heavy atom. The molecule has 0 aliphatic rings. The van der Waals surface area contributed by atoms with Gasteiger partial charge in [0.1, 0.15) is 0 Å². The molecule has 0 bridgehead atoms. The molecule has 0 rings (SSSR count). The van der Waals surface area contributed by atoms with Crippen LogP contribution < -0.4 is 0 Å². The van der Waals surface area contributed by atoms with E-state index in [0.717, 1.165) is 18.9 Å². The molecule has 0 aromatic heterocycles. The average molecular weight is 168 g/mol. The fraction of sp³-hybridized carbons (Fsp3) is 0.500. The van der Waals surface area contributed by atoms with Crippen molar-refractivity contribution in [2.45, 2.75) is 26.7 Å². The molecule has 0 fully saturated rings. The van der Waals surface area contributed by atoms with E-state index in [1.54, 1.807) is 6.92 Å². The third kappa shape index (κ3) is 15.9. The Kier molecular flexibility index (Phi) is 13.9. The second kappa shape index (κ2) is 12.4. The molecule has 0 amide bonds. The Balaban J connectivity index is 0. The van der Waals surface area contributed by atoms with E-state index in [-0.39, 0.29) is 5.97 Å². The Bertz CT molecular complexity index is 154. The number of carbonyl (C=O) groups excluding carboxylic acids is 1. The van der Waals surface area contributed by atoms with E-state index < -0.39 is 0 Å². The number of esters is 1. The molecule has 0 heterocycles. The summed E-state index contributed by atoms with van der Waals surface area (Å²) in [5.41, 5.74) is 0. The lowest BCUT2D eigenvalue weighted by Crippen LogP contribution is -1.97. The summed E-state index contributed by atoms with van der Waals surface area (Å²) in [6.45, 7) is 7.45. The number of hydrogen-bond acceptors (Lipinski definition) is 2. The summed E-state index contributed by atoms with van der Waals surface area (Å²) in [6.07, 6.45) is 8.06. The van der Waals surface area contributed by atoms with Gasteiger partial charge in [0.05, 0.1) is 6.61 Å². The fourth-order valence-electron chi connectivity index (χ4n) is 0.346. The highest BCUT2D eigenvalue weighted by Gasteiger charge is 1.86. The SMILES string of the molecule is C#CCCC.C=CC(=O)OCC. The zero-order valence-electron chi connectivity index (χ0n) is 7.80. The van der Waals surface area contributed by atoms with Gasteiger partial charge in [0.2, 0.25) is 0 Å². The summed E-state index contributed by atoms with van der Waals surface area (Å²) in [5, 5.41) is 0. The molecule has 0 spiro atoms. The number of rotatable bonds is 3. The number of unbranched alkanes of at least 4 members (excludes halogenated alkanes) is 1. The van der Waals surface area contributed by atoms with Crippen LogP contribution in [0.5, 0.6) is 0 Å². The summed E-state index contributed by atoms with van der Waals surface area (Å²) in [4.78, 5) is 10.1. The topological polar surface area (TPSA) is 26.3 Å². The first-order valence-corrected chi connectivity index (χ1v) is 3.95. The van der Waals surface area contributed by atoms with Crippen LogP contribution in [0, 0.1) is 12.3 Å². The van der Waals surface area contributed by atoms with Crippen LogP contribution in [-0.4, -0.2) is 12.6 Å². The minimum atomic E-state index is -0.359. The lowest BCUT2D eigenvalue weighted by Gasteiger charge is -1.90. The van der Waals surface area contributed by atoms with Gasteiger partial charge in [0.15, 0.2) is 0 Å². The van der Waals surface area contributed by atoms with E-state index in [1.807, 2.05) is 0 Å². The first-order valence-electron chi connectivity index (χ1n) is 3.95. The van der Waals surface area contributed by atoms with Crippen molar-refractivity contribution in [3.63, 3.8) is 0 Å². The third-order valence-corrected chi connectivity index (χ3v) is 0.848. The van der Waals surface area contributed by atoms with Crippen molar-refractivity contribution in [3.8, 4) is 12.3 Å². The molecule has 2 nitrogen and oxygen atoms in total. The smallest absolute Gasteiger partial charge is 0.330 e. The molecule has 0 aliphatic heterocycles. The van der Waals surface area contributed by atoms with Crippen LogP contribution in [-0.2, 0) is 9.53 Å². The van der Waals surface area contributed by atoms with Gasteiger partial charge in [-0.25, -0.2) is 4.79 Å². The summed E-state index contributed by atoms with van der Waals surface area (Å²) in [6, 6.07) is 0. The molecule has 0 unspecified atom stereocenters. The maximum Gasteiger partial charge on any atom is 0.330 e. The van der Waals surface area contributed by atoms with Crippen LogP contribution in [0.4, 0.5) is 0 Å². The summed E-state index contributed by atoms with van der Waals surface area (Å²) in [5.74, 6) is 2.16. The maximum atomic E-state index is 10.1. The van der Waals surface area contributed by atoms with Crippen LogP contribution in [0.1, 0.15) is 26.7 Å². The Morgan fingerprint density at radius 2 is 2.25 bits per heavy atom. The number of hydrogen-bond donors (Lipinski definition) is 0. The van der Waals surface area contributed by atoms with Crippen LogP contribution >= 0.6 is 0 Å². The Hall–Kier alpha value is -1.23. The zero-order chi connectivity index (χ0) is 9.82. The van der Waals surface area contributed by atoms with E-state index >= 15 is 0 Å². The van der Waals surface area contributed by atoms with E-state index in [2.05, 4.69) is 24.2 Å². The van der Waals surface area contributed by atoms with Crippen molar-refractivity contribution < 1.29 is 9.53 Å². The van der Waals surface area contributed by atoms with Crippen LogP contribution in [0.25, 0.3) is 0 Å². The third-order valence-electron chi connectivity index (χ3n) is 0.848. The van der Waals surface area contributed by atoms with Crippen LogP contribution in [0.2, 0.25) is 0 Å². The Labute approximate surface area is 74.6 Å². The Morgan fingerprint density at radius 1 is 1.67 bits per heavy atom. The molecule has 2 heteroatoms. The van der Waals surface area contributed by atoms with Crippen molar-refractivity contribution >= 4 is 5.97 Å². The predicted octanol–water partition coefficient (Wildman–Crippen LogP) is 2.16. The van der Waals surface area contributed by atoms with Gasteiger partial charge in [-0.15, -0.1) is 12.3 Å².